The summed E-state index contributed by atoms with van der Waals surface area (Å²) >= 11 is 1.58. The molecule has 128 valence electrons. The number of benzene rings is 1. The summed E-state index contributed by atoms with van der Waals surface area (Å²) in [5, 5.41) is 15.6. The Morgan fingerprint density at radius 3 is 2.72 bits per heavy atom. The number of nitrogens with one attached hydrogen (secondary N) is 1. The second kappa shape index (κ2) is 6.24. The van der Waals surface area contributed by atoms with E-state index in [9.17, 15) is 0 Å². The van der Waals surface area contributed by atoms with Crippen molar-refractivity contribution in [2.75, 3.05) is 13.1 Å². The summed E-state index contributed by atoms with van der Waals surface area (Å²) in [7, 11) is 0. The summed E-state index contributed by atoms with van der Waals surface area (Å²) in [6.07, 6.45) is 5.23. The van der Waals surface area contributed by atoms with Gasteiger partial charge in [-0.1, -0.05) is 42.4 Å². The van der Waals surface area contributed by atoms with E-state index in [1.54, 1.807) is 11.3 Å². The highest BCUT2D eigenvalue weighted by Gasteiger charge is 2.17. The molecule has 4 aromatic rings. The molecule has 1 saturated heterocycles. The van der Waals surface area contributed by atoms with Gasteiger partial charge in [-0.05, 0) is 38.1 Å². The summed E-state index contributed by atoms with van der Waals surface area (Å²) in [6, 6.07) is 10.4. The predicted molar refractivity (Wildman–Crippen MR) is 99.7 cm³/mol. The normalized spacial score (nSPS) is 16.6. The minimum absolute atomic E-state index is 0.830. The lowest BCUT2D eigenvalue weighted by Gasteiger charge is -2.17. The van der Waals surface area contributed by atoms with Gasteiger partial charge in [0.1, 0.15) is 0 Å². The van der Waals surface area contributed by atoms with Crippen molar-refractivity contribution in [3.8, 4) is 10.7 Å². The number of rotatable bonds is 3. The Kier molecular flexibility index (Phi) is 3.75. The standard InChI is InChI=1S/C18H20N6S/c1-2-6-10-23(9-5-1)12-16-20-21-18-24(16)22-17(25-18)15-11-13-7-3-4-8-14(13)19-15/h3-4,7-8,11,19H,1-2,5-6,9-10,12H2. The first-order chi connectivity index (χ1) is 12.4. The van der Waals surface area contributed by atoms with E-state index in [2.05, 4.69) is 44.3 Å². The van der Waals surface area contributed by atoms with Crippen LogP contribution in [0.1, 0.15) is 31.5 Å². The van der Waals surface area contributed by atoms with Crippen LogP contribution in [0.2, 0.25) is 0 Å². The Labute approximate surface area is 149 Å². The van der Waals surface area contributed by atoms with Crippen molar-refractivity contribution in [1.29, 1.82) is 0 Å². The average Bonchev–Trinajstić information content (AvgIpc) is 3.26. The third-order valence-corrected chi connectivity index (χ3v) is 5.81. The molecule has 5 rings (SSSR count). The zero-order valence-corrected chi connectivity index (χ0v) is 14.8. The van der Waals surface area contributed by atoms with Crippen molar-refractivity contribution in [3.63, 3.8) is 0 Å². The Morgan fingerprint density at radius 1 is 1.04 bits per heavy atom. The Balaban J connectivity index is 1.46. The smallest absolute Gasteiger partial charge is 0.235 e. The van der Waals surface area contributed by atoms with E-state index < -0.39 is 0 Å². The molecule has 0 unspecified atom stereocenters. The van der Waals surface area contributed by atoms with E-state index in [1.807, 2.05) is 10.6 Å². The molecule has 1 aliphatic rings. The van der Waals surface area contributed by atoms with Crippen molar-refractivity contribution in [1.82, 2.24) is 29.7 Å². The van der Waals surface area contributed by atoms with E-state index in [0.717, 1.165) is 46.6 Å². The number of aromatic amines is 1. The molecule has 7 heteroatoms. The second-order valence-electron chi connectivity index (χ2n) is 6.68. The minimum Gasteiger partial charge on any atom is -0.353 e. The summed E-state index contributed by atoms with van der Waals surface area (Å²) < 4.78 is 1.91. The molecular formula is C18H20N6S. The number of aromatic nitrogens is 5. The monoisotopic (exact) mass is 352 g/mol. The van der Waals surface area contributed by atoms with Gasteiger partial charge >= 0.3 is 0 Å². The van der Waals surface area contributed by atoms with Crippen LogP contribution in [0.4, 0.5) is 0 Å². The maximum absolute atomic E-state index is 4.78. The van der Waals surface area contributed by atoms with Gasteiger partial charge in [-0.15, -0.1) is 10.2 Å². The van der Waals surface area contributed by atoms with E-state index in [0.29, 0.717) is 0 Å². The van der Waals surface area contributed by atoms with Gasteiger partial charge in [-0.3, -0.25) is 4.90 Å². The van der Waals surface area contributed by atoms with E-state index in [1.165, 1.54) is 31.1 Å². The largest absolute Gasteiger partial charge is 0.353 e. The Hall–Kier alpha value is -2.25. The Bertz CT molecular complexity index is 972. The number of fused-ring (bicyclic) bond motifs is 2. The van der Waals surface area contributed by atoms with Gasteiger partial charge in [0.25, 0.3) is 0 Å². The molecular weight excluding hydrogens is 332 g/mol. The molecule has 1 N–H and O–H groups in total. The fraction of sp³-hybridized carbons (Fsp3) is 0.389. The SMILES string of the molecule is c1ccc2[nH]c(-c3nn4c(CN5CCCCCC5)nnc4s3)cc2c1. The molecule has 25 heavy (non-hydrogen) atoms. The molecule has 4 heterocycles. The summed E-state index contributed by atoms with van der Waals surface area (Å²) in [4.78, 5) is 6.79. The molecule has 0 radical (unpaired) electrons. The highest BCUT2D eigenvalue weighted by Crippen LogP contribution is 2.28. The number of para-hydroxylation sites is 1. The van der Waals surface area contributed by atoms with Crippen LogP contribution < -0.4 is 0 Å². The quantitative estimate of drug-likeness (QED) is 0.610. The lowest BCUT2D eigenvalue weighted by atomic mass is 10.2. The number of hydrogen-bond donors (Lipinski definition) is 1. The topological polar surface area (TPSA) is 62.1 Å². The Morgan fingerprint density at radius 2 is 1.88 bits per heavy atom. The first-order valence-electron chi connectivity index (χ1n) is 8.88. The molecule has 0 bridgehead atoms. The molecule has 3 aromatic heterocycles. The zero-order valence-electron chi connectivity index (χ0n) is 14.0. The molecule has 1 aliphatic heterocycles. The fourth-order valence-corrected chi connectivity index (χ4v) is 4.38. The van der Waals surface area contributed by atoms with Crippen LogP contribution in [0.5, 0.6) is 0 Å². The minimum atomic E-state index is 0.830. The summed E-state index contributed by atoms with van der Waals surface area (Å²) in [5.41, 5.74) is 2.17. The third kappa shape index (κ3) is 2.83. The van der Waals surface area contributed by atoms with Crippen molar-refractivity contribution < 1.29 is 0 Å². The first kappa shape index (κ1) is 15.0. The predicted octanol–water partition coefficient (Wildman–Crippen LogP) is 3.71. The van der Waals surface area contributed by atoms with Crippen LogP contribution in [0, 0.1) is 0 Å². The lowest BCUT2D eigenvalue weighted by molar-refractivity contribution is 0.268. The van der Waals surface area contributed by atoms with Crippen molar-refractivity contribution >= 4 is 27.2 Å². The van der Waals surface area contributed by atoms with Crippen LogP contribution in [0.15, 0.2) is 30.3 Å². The van der Waals surface area contributed by atoms with Gasteiger partial charge in [-0.2, -0.15) is 9.61 Å². The number of H-pyrrole nitrogens is 1. The van der Waals surface area contributed by atoms with E-state index in [-0.39, 0.29) is 0 Å². The molecule has 6 nitrogen and oxygen atoms in total. The van der Waals surface area contributed by atoms with Gasteiger partial charge in [-0.25, -0.2) is 0 Å². The van der Waals surface area contributed by atoms with Gasteiger partial charge in [0.15, 0.2) is 10.8 Å². The molecule has 1 aromatic carbocycles. The number of nitrogens with zero attached hydrogens (tertiary/aromatic N) is 5. The average molecular weight is 352 g/mol. The third-order valence-electron chi connectivity index (χ3n) is 4.88. The van der Waals surface area contributed by atoms with Crippen molar-refractivity contribution in [2.24, 2.45) is 0 Å². The van der Waals surface area contributed by atoms with Gasteiger partial charge in [0, 0.05) is 10.9 Å². The summed E-state index contributed by atoms with van der Waals surface area (Å²) in [5.74, 6) is 0.940. The van der Waals surface area contributed by atoms with Crippen LogP contribution in [0.3, 0.4) is 0 Å². The zero-order chi connectivity index (χ0) is 16.6. The van der Waals surface area contributed by atoms with Gasteiger partial charge in [0.05, 0.1) is 12.2 Å². The van der Waals surface area contributed by atoms with Crippen LogP contribution in [-0.2, 0) is 6.54 Å². The molecule has 0 atom stereocenters. The molecule has 1 fully saturated rings. The van der Waals surface area contributed by atoms with Gasteiger partial charge in [0.2, 0.25) is 4.96 Å². The van der Waals surface area contributed by atoms with Crippen molar-refractivity contribution in [2.45, 2.75) is 32.2 Å². The first-order valence-corrected chi connectivity index (χ1v) is 9.70. The van der Waals surface area contributed by atoms with Crippen LogP contribution in [-0.4, -0.2) is 42.8 Å². The van der Waals surface area contributed by atoms with Crippen molar-refractivity contribution in [3.05, 3.63) is 36.2 Å². The molecule has 0 aliphatic carbocycles. The maximum Gasteiger partial charge on any atom is 0.235 e. The molecule has 0 amide bonds. The fourth-order valence-electron chi connectivity index (χ4n) is 3.55. The maximum atomic E-state index is 4.78. The molecule has 0 spiro atoms. The van der Waals surface area contributed by atoms with Crippen LogP contribution >= 0.6 is 11.3 Å². The lowest BCUT2D eigenvalue weighted by Crippen LogP contribution is -2.25. The van der Waals surface area contributed by atoms with Gasteiger partial charge < -0.3 is 4.98 Å². The molecule has 0 saturated carbocycles. The number of likely N-dealkylation sites (tertiary alicyclic amines) is 1. The highest BCUT2D eigenvalue weighted by molar-refractivity contribution is 7.19. The highest BCUT2D eigenvalue weighted by atomic mass is 32.1. The van der Waals surface area contributed by atoms with E-state index >= 15 is 0 Å². The summed E-state index contributed by atoms with van der Waals surface area (Å²) in [6.45, 7) is 3.12. The van der Waals surface area contributed by atoms with E-state index in [4.69, 9.17) is 5.10 Å². The van der Waals surface area contributed by atoms with Crippen LogP contribution in [0.25, 0.3) is 26.6 Å². The second-order valence-corrected chi connectivity index (χ2v) is 7.63. The number of hydrogen-bond acceptors (Lipinski definition) is 5.